The smallest absolute Gasteiger partial charge is 0.253 e. The molecule has 2 aromatic carbocycles. The van der Waals surface area contributed by atoms with E-state index in [0.29, 0.717) is 22.4 Å². The van der Waals surface area contributed by atoms with Gasteiger partial charge in [0.05, 0.1) is 7.11 Å². The second-order valence-corrected chi connectivity index (χ2v) is 8.88. The Morgan fingerprint density at radius 3 is 2.56 bits per heavy atom. The van der Waals surface area contributed by atoms with Crippen LogP contribution in [0.5, 0.6) is 5.75 Å². The number of nitrogens with zero attached hydrogens (tertiary/aromatic N) is 6. The van der Waals surface area contributed by atoms with Crippen molar-refractivity contribution in [3.63, 3.8) is 0 Å². The third kappa shape index (κ3) is 4.10. The maximum atomic E-state index is 13.2. The van der Waals surface area contributed by atoms with E-state index >= 15 is 0 Å². The third-order valence-electron chi connectivity index (χ3n) is 6.90. The van der Waals surface area contributed by atoms with E-state index in [4.69, 9.17) is 4.74 Å². The first-order chi connectivity index (χ1) is 15.7. The van der Waals surface area contributed by atoms with Gasteiger partial charge in [-0.25, -0.2) is 0 Å². The molecule has 3 aromatic rings. The quantitative estimate of drug-likeness (QED) is 0.617. The lowest BCUT2D eigenvalue weighted by Crippen LogP contribution is -2.44. The van der Waals surface area contributed by atoms with Crippen LogP contribution in [-0.4, -0.2) is 69.2 Å². The highest BCUT2D eigenvalue weighted by Gasteiger charge is 2.41. The maximum absolute atomic E-state index is 13.2. The average molecular weight is 433 g/mol. The number of tetrazole rings is 1. The second-order valence-electron chi connectivity index (χ2n) is 8.88. The van der Waals surface area contributed by atoms with E-state index in [9.17, 15) is 4.79 Å². The van der Waals surface area contributed by atoms with E-state index in [1.165, 1.54) is 23.0 Å². The molecule has 2 aliphatic rings. The Kier molecular flexibility index (Phi) is 5.61. The van der Waals surface area contributed by atoms with Gasteiger partial charge in [-0.15, -0.1) is 5.10 Å². The zero-order valence-electron chi connectivity index (χ0n) is 18.4. The lowest BCUT2D eigenvalue weighted by atomic mass is 9.77. The third-order valence-corrected chi connectivity index (χ3v) is 6.90. The number of hydrogen-bond acceptors (Lipinski definition) is 6. The van der Waals surface area contributed by atoms with Crippen LogP contribution in [0.15, 0.2) is 54.9 Å². The predicted octanol–water partition coefficient (Wildman–Crippen LogP) is 2.80. The first-order valence-corrected chi connectivity index (χ1v) is 11.1. The number of aromatic nitrogens is 4. The maximum Gasteiger partial charge on any atom is 0.253 e. The summed E-state index contributed by atoms with van der Waals surface area (Å²) in [4.78, 5) is 17.8. The number of piperidine rings is 1. The zero-order valence-corrected chi connectivity index (χ0v) is 18.4. The standard InChI is InChI=1S/C24H28N6O2/c1-32-22-8-7-20(15-21(22)30-18-25-26-27-30)23(31)29-13-10-24(11-14-29)9-12-28(17-24)16-19-5-3-2-4-6-19/h2-8,15,18H,9-14,16-17H2,1H3. The van der Waals surface area contributed by atoms with Crippen LogP contribution in [0, 0.1) is 5.41 Å². The van der Waals surface area contributed by atoms with Gasteiger partial charge in [-0.3, -0.25) is 9.69 Å². The lowest BCUT2D eigenvalue weighted by molar-refractivity contribution is 0.0588. The lowest BCUT2D eigenvalue weighted by Gasteiger charge is -2.39. The van der Waals surface area contributed by atoms with Crippen LogP contribution in [0.1, 0.15) is 35.2 Å². The molecule has 32 heavy (non-hydrogen) atoms. The molecule has 1 aromatic heterocycles. The van der Waals surface area contributed by atoms with Crippen molar-refractivity contribution in [1.29, 1.82) is 0 Å². The van der Waals surface area contributed by atoms with Gasteiger partial charge in [-0.1, -0.05) is 30.3 Å². The number of ether oxygens (including phenoxy) is 1. The number of methoxy groups -OCH3 is 1. The number of carbonyl (C=O) groups excluding carboxylic acids is 1. The van der Waals surface area contributed by atoms with Gasteiger partial charge >= 0.3 is 0 Å². The summed E-state index contributed by atoms with van der Waals surface area (Å²) in [5.41, 5.74) is 2.99. The number of rotatable bonds is 5. The zero-order chi connectivity index (χ0) is 22.0. The molecule has 3 heterocycles. The molecule has 2 aliphatic heterocycles. The minimum atomic E-state index is 0.0518. The Labute approximate surface area is 187 Å². The Bertz CT molecular complexity index is 1060. The van der Waals surface area contributed by atoms with Crippen molar-refractivity contribution < 1.29 is 9.53 Å². The first kappa shape index (κ1) is 20.6. The summed E-state index contributed by atoms with van der Waals surface area (Å²) in [5.74, 6) is 0.673. The van der Waals surface area contributed by atoms with Gasteiger partial charge < -0.3 is 9.64 Å². The Morgan fingerprint density at radius 1 is 1.06 bits per heavy atom. The summed E-state index contributed by atoms with van der Waals surface area (Å²) >= 11 is 0. The highest BCUT2D eigenvalue weighted by atomic mass is 16.5. The molecule has 1 amide bonds. The summed E-state index contributed by atoms with van der Waals surface area (Å²) in [5, 5.41) is 11.3. The van der Waals surface area contributed by atoms with Gasteiger partial charge in [0.15, 0.2) is 0 Å². The summed E-state index contributed by atoms with van der Waals surface area (Å²) in [6, 6.07) is 16.1. The minimum Gasteiger partial charge on any atom is -0.494 e. The van der Waals surface area contributed by atoms with E-state index in [-0.39, 0.29) is 5.91 Å². The number of amides is 1. The SMILES string of the molecule is COc1ccc(C(=O)N2CCC3(CCN(Cc4ccccc4)C3)CC2)cc1-n1cnnn1. The predicted molar refractivity (Wildman–Crippen MR) is 120 cm³/mol. The molecular weight excluding hydrogens is 404 g/mol. The topological polar surface area (TPSA) is 76.4 Å². The number of carbonyl (C=O) groups is 1. The average Bonchev–Trinajstić information content (AvgIpc) is 3.50. The molecule has 2 saturated heterocycles. The van der Waals surface area contributed by atoms with E-state index in [1.807, 2.05) is 11.0 Å². The first-order valence-electron chi connectivity index (χ1n) is 11.1. The molecule has 5 rings (SSSR count). The molecule has 0 unspecified atom stereocenters. The van der Waals surface area contributed by atoms with Crippen LogP contribution in [0.25, 0.3) is 5.69 Å². The summed E-state index contributed by atoms with van der Waals surface area (Å²) in [7, 11) is 1.59. The fraction of sp³-hybridized carbons (Fsp3) is 0.417. The van der Waals surface area contributed by atoms with Crippen molar-refractivity contribution in [3.8, 4) is 11.4 Å². The molecule has 8 heteroatoms. The molecular formula is C24H28N6O2. The minimum absolute atomic E-state index is 0.0518. The molecule has 0 N–H and O–H groups in total. The molecule has 0 atom stereocenters. The van der Waals surface area contributed by atoms with Gasteiger partial charge in [-0.2, -0.15) is 4.68 Å². The molecule has 2 fully saturated rings. The molecule has 0 radical (unpaired) electrons. The number of benzene rings is 2. The van der Waals surface area contributed by atoms with Gasteiger partial charge in [0, 0.05) is 31.7 Å². The summed E-state index contributed by atoms with van der Waals surface area (Å²) in [6.45, 7) is 4.86. The van der Waals surface area contributed by atoms with Gasteiger partial charge in [-0.05, 0) is 65.4 Å². The Morgan fingerprint density at radius 2 is 1.84 bits per heavy atom. The monoisotopic (exact) mass is 432 g/mol. The molecule has 0 saturated carbocycles. The highest BCUT2D eigenvalue weighted by molar-refractivity contribution is 5.95. The van der Waals surface area contributed by atoms with Crippen molar-refractivity contribution in [2.24, 2.45) is 5.41 Å². The Hall–Kier alpha value is -3.26. The van der Waals surface area contributed by atoms with Crippen molar-refractivity contribution >= 4 is 5.91 Å². The Balaban J connectivity index is 1.23. The molecule has 166 valence electrons. The van der Waals surface area contributed by atoms with Crippen LogP contribution in [0.3, 0.4) is 0 Å². The van der Waals surface area contributed by atoms with Crippen molar-refractivity contribution in [2.45, 2.75) is 25.8 Å². The summed E-state index contributed by atoms with van der Waals surface area (Å²) in [6.07, 6.45) is 4.83. The fourth-order valence-corrected chi connectivity index (χ4v) is 5.05. The van der Waals surface area contributed by atoms with Gasteiger partial charge in [0.2, 0.25) is 0 Å². The normalized spacial score (nSPS) is 18.2. The van der Waals surface area contributed by atoms with E-state index in [0.717, 1.165) is 45.6 Å². The van der Waals surface area contributed by atoms with Crippen molar-refractivity contribution in [2.75, 3.05) is 33.3 Å². The highest BCUT2D eigenvalue weighted by Crippen LogP contribution is 2.41. The number of hydrogen-bond donors (Lipinski definition) is 0. The van der Waals surface area contributed by atoms with E-state index in [1.54, 1.807) is 19.2 Å². The molecule has 8 nitrogen and oxygen atoms in total. The largest absolute Gasteiger partial charge is 0.494 e. The molecule has 0 bridgehead atoms. The van der Waals surface area contributed by atoms with Crippen molar-refractivity contribution in [1.82, 2.24) is 30.0 Å². The van der Waals surface area contributed by atoms with Crippen LogP contribution < -0.4 is 4.74 Å². The van der Waals surface area contributed by atoms with E-state index in [2.05, 4.69) is 50.8 Å². The molecule has 0 aliphatic carbocycles. The van der Waals surface area contributed by atoms with Crippen LogP contribution >= 0.6 is 0 Å². The second kappa shape index (κ2) is 8.70. The molecule has 1 spiro atoms. The van der Waals surface area contributed by atoms with Crippen LogP contribution in [-0.2, 0) is 6.54 Å². The van der Waals surface area contributed by atoms with E-state index < -0.39 is 0 Å². The van der Waals surface area contributed by atoms with Crippen molar-refractivity contribution in [3.05, 3.63) is 66.0 Å². The summed E-state index contributed by atoms with van der Waals surface area (Å²) < 4.78 is 6.93. The van der Waals surface area contributed by atoms with Gasteiger partial charge in [0.1, 0.15) is 17.8 Å². The van der Waals surface area contributed by atoms with Gasteiger partial charge in [0.25, 0.3) is 5.91 Å². The van der Waals surface area contributed by atoms with Crippen LogP contribution in [0.2, 0.25) is 0 Å². The fourth-order valence-electron chi connectivity index (χ4n) is 5.05. The van der Waals surface area contributed by atoms with Crippen LogP contribution in [0.4, 0.5) is 0 Å². The number of likely N-dealkylation sites (tertiary alicyclic amines) is 2.